The van der Waals surface area contributed by atoms with Gasteiger partial charge in [-0.3, -0.25) is 4.72 Å². The van der Waals surface area contributed by atoms with Crippen LogP contribution in [0.25, 0.3) is 0 Å². The number of anilines is 2. The monoisotopic (exact) mass is 463 g/mol. The first-order chi connectivity index (χ1) is 14.5. The van der Waals surface area contributed by atoms with Crippen LogP contribution in [0.15, 0.2) is 62.8 Å². The second-order valence-electron chi connectivity index (χ2n) is 7.70. The van der Waals surface area contributed by atoms with Crippen molar-refractivity contribution in [3.05, 3.63) is 65.4 Å². The van der Waals surface area contributed by atoms with Crippen LogP contribution in [0, 0.1) is 19.8 Å². The second kappa shape index (κ2) is 8.72. The number of nitrogens with zero attached hydrogens (tertiary/aromatic N) is 1. The molecule has 10 heteroatoms. The third-order valence-electron chi connectivity index (χ3n) is 4.68. The molecule has 3 aromatic rings. The van der Waals surface area contributed by atoms with E-state index in [1.807, 2.05) is 0 Å². The third-order valence-corrected chi connectivity index (χ3v) is 7.42. The smallest absolute Gasteiger partial charge is 0.264 e. The van der Waals surface area contributed by atoms with Gasteiger partial charge in [0.1, 0.15) is 0 Å². The van der Waals surface area contributed by atoms with Gasteiger partial charge in [0.15, 0.2) is 0 Å². The quantitative estimate of drug-likeness (QED) is 0.519. The Morgan fingerprint density at radius 2 is 1.35 bits per heavy atom. The molecule has 3 rings (SSSR count). The van der Waals surface area contributed by atoms with Gasteiger partial charge in [-0.1, -0.05) is 31.1 Å². The summed E-state index contributed by atoms with van der Waals surface area (Å²) in [7, 11) is -7.71. The predicted molar refractivity (Wildman–Crippen MR) is 119 cm³/mol. The molecule has 0 saturated carbocycles. The molecule has 0 radical (unpaired) electrons. The number of rotatable bonds is 8. The summed E-state index contributed by atoms with van der Waals surface area (Å²) in [6, 6.07) is 12.1. The molecule has 0 unspecified atom stereocenters. The summed E-state index contributed by atoms with van der Waals surface area (Å²) < 4.78 is 60.2. The first-order valence-corrected chi connectivity index (χ1v) is 12.6. The van der Waals surface area contributed by atoms with Crippen molar-refractivity contribution in [1.29, 1.82) is 0 Å². The SMILES string of the molecule is Cc1noc(NS(=O)(=O)c2ccc(NS(=O)(=O)c3ccc(CC(C)C)cc3)cc2)c1C. The molecule has 2 N–H and O–H groups in total. The number of hydrogen-bond donors (Lipinski definition) is 2. The minimum absolute atomic E-state index is 0.0399. The standard InChI is InChI=1S/C21H25N3O5S2/c1-14(2)13-17-5-9-19(10-6-17)30(25,26)23-18-7-11-20(12-8-18)31(27,28)24-21-15(3)16(4)22-29-21/h5-12,14,23-24H,13H2,1-4H3. The van der Waals surface area contributed by atoms with Gasteiger partial charge < -0.3 is 4.52 Å². The van der Waals surface area contributed by atoms with E-state index < -0.39 is 20.0 Å². The number of aryl methyl sites for hydroxylation is 1. The van der Waals surface area contributed by atoms with Crippen LogP contribution >= 0.6 is 0 Å². The molecule has 0 spiro atoms. The fraction of sp³-hybridized carbons (Fsp3) is 0.286. The van der Waals surface area contributed by atoms with E-state index in [-0.39, 0.29) is 21.4 Å². The van der Waals surface area contributed by atoms with Crippen molar-refractivity contribution in [1.82, 2.24) is 5.16 Å². The van der Waals surface area contributed by atoms with Crippen molar-refractivity contribution in [2.75, 3.05) is 9.44 Å². The lowest BCUT2D eigenvalue weighted by molar-refractivity contribution is 0.430. The number of nitrogens with one attached hydrogen (secondary N) is 2. The predicted octanol–water partition coefficient (Wildman–Crippen LogP) is 4.09. The van der Waals surface area contributed by atoms with E-state index in [0.717, 1.165) is 12.0 Å². The van der Waals surface area contributed by atoms with E-state index in [1.165, 1.54) is 24.3 Å². The van der Waals surface area contributed by atoms with Gasteiger partial charge in [0.2, 0.25) is 5.88 Å². The Hall–Kier alpha value is -2.85. The van der Waals surface area contributed by atoms with E-state index in [0.29, 0.717) is 17.2 Å². The van der Waals surface area contributed by atoms with Crippen LogP contribution in [-0.2, 0) is 26.5 Å². The number of benzene rings is 2. The van der Waals surface area contributed by atoms with Gasteiger partial charge in [0.25, 0.3) is 20.0 Å². The van der Waals surface area contributed by atoms with Gasteiger partial charge in [-0.2, -0.15) is 0 Å². The fourth-order valence-corrected chi connectivity index (χ4v) is 4.99. The average Bonchev–Trinajstić information content (AvgIpc) is 3.00. The fourth-order valence-electron chi connectivity index (χ4n) is 2.88. The van der Waals surface area contributed by atoms with Crippen LogP contribution in [0.2, 0.25) is 0 Å². The molecule has 2 aromatic carbocycles. The molecule has 0 atom stereocenters. The molecule has 0 aliphatic rings. The molecule has 0 aliphatic carbocycles. The lowest BCUT2D eigenvalue weighted by Gasteiger charge is -2.11. The first-order valence-electron chi connectivity index (χ1n) is 9.65. The van der Waals surface area contributed by atoms with Gasteiger partial charge in [0.05, 0.1) is 15.5 Å². The van der Waals surface area contributed by atoms with Gasteiger partial charge >= 0.3 is 0 Å². The zero-order valence-electron chi connectivity index (χ0n) is 17.7. The van der Waals surface area contributed by atoms with E-state index in [4.69, 9.17) is 4.52 Å². The maximum atomic E-state index is 12.6. The second-order valence-corrected chi connectivity index (χ2v) is 11.1. The summed E-state index contributed by atoms with van der Waals surface area (Å²) in [5.74, 6) is 0.519. The minimum atomic E-state index is -3.91. The van der Waals surface area contributed by atoms with E-state index in [9.17, 15) is 16.8 Å². The molecule has 8 nitrogen and oxygen atoms in total. The molecule has 1 aromatic heterocycles. The average molecular weight is 464 g/mol. The molecule has 0 aliphatic heterocycles. The van der Waals surface area contributed by atoms with Gasteiger partial charge in [-0.05, 0) is 68.1 Å². The Morgan fingerprint density at radius 3 is 1.84 bits per heavy atom. The number of aromatic nitrogens is 1. The van der Waals surface area contributed by atoms with Crippen LogP contribution in [0.5, 0.6) is 0 Å². The molecule has 0 fully saturated rings. The van der Waals surface area contributed by atoms with Crippen LogP contribution < -0.4 is 9.44 Å². The van der Waals surface area contributed by atoms with Crippen molar-refractivity contribution < 1.29 is 21.4 Å². The maximum Gasteiger partial charge on any atom is 0.264 e. The molecule has 0 saturated heterocycles. The normalized spacial score (nSPS) is 12.2. The van der Waals surface area contributed by atoms with Crippen LogP contribution in [0.1, 0.15) is 30.7 Å². The lowest BCUT2D eigenvalue weighted by atomic mass is 10.0. The molecule has 31 heavy (non-hydrogen) atoms. The Morgan fingerprint density at radius 1 is 0.839 bits per heavy atom. The Labute approximate surface area is 182 Å². The van der Waals surface area contributed by atoms with Crippen LogP contribution in [-0.4, -0.2) is 22.0 Å². The molecule has 0 bridgehead atoms. The molecule has 1 heterocycles. The van der Waals surface area contributed by atoms with Crippen molar-refractivity contribution in [3.63, 3.8) is 0 Å². The summed E-state index contributed by atoms with van der Waals surface area (Å²) in [6.45, 7) is 7.59. The van der Waals surface area contributed by atoms with E-state index in [2.05, 4.69) is 28.4 Å². The zero-order chi connectivity index (χ0) is 22.8. The maximum absolute atomic E-state index is 12.6. The highest BCUT2D eigenvalue weighted by Crippen LogP contribution is 2.23. The number of hydrogen-bond acceptors (Lipinski definition) is 6. The Bertz CT molecular complexity index is 1260. The zero-order valence-corrected chi connectivity index (χ0v) is 19.3. The highest BCUT2D eigenvalue weighted by atomic mass is 32.2. The highest BCUT2D eigenvalue weighted by Gasteiger charge is 2.20. The summed E-state index contributed by atoms with van der Waals surface area (Å²) >= 11 is 0. The van der Waals surface area contributed by atoms with Crippen molar-refractivity contribution in [2.24, 2.45) is 5.92 Å². The molecular weight excluding hydrogens is 438 g/mol. The summed E-state index contributed by atoms with van der Waals surface area (Å²) in [4.78, 5) is 0.0940. The van der Waals surface area contributed by atoms with Gasteiger partial charge in [-0.15, -0.1) is 0 Å². The minimum Gasteiger partial charge on any atom is -0.337 e. The highest BCUT2D eigenvalue weighted by molar-refractivity contribution is 7.93. The first kappa shape index (κ1) is 22.8. The molecule has 166 valence electrons. The Kier molecular flexibility index (Phi) is 6.42. The summed E-state index contributed by atoms with van der Waals surface area (Å²) in [5, 5.41) is 3.72. The van der Waals surface area contributed by atoms with Crippen molar-refractivity contribution in [2.45, 2.75) is 43.9 Å². The van der Waals surface area contributed by atoms with Crippen molar-refractivity contribution in [3.8, 4) is 0 Å². The third kappa shape index (κ3) is 5.45. The lowest BCUT2D eigenvalue weighted by Crippen LogP contribution is -2.15. The number of sulfonamides is 2. The largest absolute Gasteiger partial charge is 0.337 e. The molecular formula is C21H25N3O5S2. The summed E-state index contributed by atoms with van der Waals surface area (Å²) in [6.07, 6.45) is 0.866. The van der Waals surface area contributed by atoms with Crippen molar-refractivity contribution >= 4 is 31.6 Å². The van der Waals surface area contributed by atoms with Gasteiger partial charge in [0, 0.05) is 11.3 Å². The topological polar surface area (TPSA) is 118 Å². The van der Waals surface area contributed by atoms with Crippen LogP contribution in [0.4, 0.5) is 11.6 Å². The van der Waals surface area contributed by atoms with E-state index in [1.54, 1.807) is 38.1 Å². The molecule has 0 amide bonds. The van der Waals surface area contributed by atoms with Gasteiger partial charge in [-0.25, -0.2) is 21.6 Å². The van der Waals surface area contributed by atoms with Crippen LogP contribution in [0.3, 0.4) is 0 Å². The van der Waals surface area contributed by atoms with E-state index >= 15 is 0 Å². The summed E-state index contributed by atoms with van der Waals surface area (Å²) in [5.41, 5.74) is 2.48. The Balaban J connectivity index is 1.74.